The van der Waals surface area contributed by atoms with Gasteiger partial charge >= 0.3 is 0 Å². The molecular weight excluding hydrogens is 607 g/mol. The van der Waals surface area contributed by atoms with Gasteiger partial charge in [-0.2, -0.15) is 0 Å². The van der Waals surface area contributed by atoms with Crippen molar-refractivity contribution < 1.29 is 0 Å². The number of hydrogen-bond donors (Lipinski definition) is 0. The number of allylic oxidation sites excluding steroid dienone is 2. The number of pyridine rings is 1. The van der Waals surface area contributed by atoms with E-state index < -0.39 is 0 Å². The van der Waals surface area contributed by atoms with Gasteiger partial charge in [-0.05, 0) is 65.2 Å². The first-order valence-electron chi connectivity index (χ1n) is 17.3. The molecule has 3 heterocycles. The predicted molar refractivity (Wildman–Crippen MR) is 208 cm³/mol. The van der Waals surface area contributed by atoms with Crippen LogP contribution in [0.3, 0.4) is 0 Å². The summed E-state index contributed by atoms with van der Waals surface area (Å²) in [4.78, 5) is 7.73. The van der Waals surface area contributed by atoms with Crippen LogP contribution in [0.25, 0.3) is 61.1 Å². The highest BCUT2D eigenvalue weighted by Crippen LogP contribution is 2.53. The van der Waals surface area contributed by atoms with E-state index in [9.17, 15) is 0 Å². The Morgan fingerprint density at radius 2 is 1.08 bits per heavy atom. The van der Waals surface area contributed by atoms with Crippen molar-refractivity contribution in [1.29, 1.82) is 0 Å². The molecule has 0 saturated carbocycles. The molecule has 10 rings (SSSR count). The van der Waals surface area contributed by atoms with Gasteiger partial charge in [-0.15, -0.1) is 0 Å². The SMILES string of the molecule is C1=CC2c3ccc4c(c3N(c3cccc(-c5cc(-c6ccccc6)nc(-c6ccccc6)c5)c3)C2C=C1)c1ccccc1n4-c1ccccc1. The number of aromatic nitrogens is 2. The second-order valence-corrected chi connectivity index (χ2v) is 13.2. The standard InChI is InChI=1S/C47H33N3/c1-4-15-32(16-5-1)41-30-35(31-42(48-41)33-17-6-2-7-18-33)34-19-14-22-37(29-34)50-43-25-12-10-23-38(43)39-27-28-45-46(47(39)50)40-24-11-13-26-44(40)49(45)36-20-8-3-9-21-36/h1-31,38,43H. The van der Waals surface area contributed by atoms with E-state index in [1.165, 1.54) is 50.0 Å². The number of hydrogen-bond acceptors (Lipinski definition) is 2. The van der Waals surface area contributed by atoms with E-state index in [2.05, 4.69) is 198 Å². The van der Waals surface area contributed by atoms with Crippen molar-refractivity contribution in [2.75, 3.05) is 4.90 Å². The summed E-state index contributed by atoms with van der Waals surface area (Å²) in [6.45, 7) is 0. The summed E-state index contributed by atoms with van der Waals surface area (Å²) in [5.41, 5.74) is 13.9. The average molecular weight is 640 g/mol. The second-order valence-electron chi connectivity index (χ2n) is 13.2. The van der Waals surface area contributed by atoms with Gasteiger partial charge in [0.25, 0.3) is 0 Å². The van der Waals surface area contributed by atoms with Crippen LogP contribution in [-0.4, -0.2) is 15.6 Å². The maximum atomic E-state index is 5.14. The zero-order valence-electron chi connectivity index (χ0n) is 27.4. The van der Waals surface area contributed by atoms with Crippen LogP contribution in [0.5, 0.6) is 0 Å². The molecule has 3 nitrogen and oxygen atoms in total. The molecule has 2 aromatic heterocycles. The number of para-hydroxylation sites is 2. The normalized spacial score (nSPS) is 16.2. The van der Waals surface area contributed by atoms with Crippen molar-refractivity contribution in [3.05, 3.63) is 194 Å². The summed E-state index contributed by atoms with van der Waals surface area (Å²) in [6, 6.07) is 59.0. The second kappa shape index (κ2) is 11.6. The minimum Gasteiger partial charge on any atom is -0.333 e. The van der Waals surface area contributed by atoms with Gasteiger partial charge in [-0.1, -0.05) is 140 Å². The Balaban J connectivity index is 1.19. The lowest BCUT2D eigenvalue weighted by Crippen LogP contribution is -2.28. The smallest absolute Gasteiger partial charge is 0.0715 e. The quantitative estimate of drug-likeness (QED) is 0.187. The maximum absolute atomic E-state index is 5.14. The van der Waals surface area contributed by atoms with Crippen LogP contribution in [0, 0.1) is 0 Å². The Morgan fingerprint density at radius 3 is 1.82 bits per heavy atom. The van der Waals surface area contributed by atoms with E-state index in [-0.39, 0.29) is 12.0 Å². The monoisotopic (exact) mass is 639 g/mol. The third-order valence-electron chi connectivity index (χ3n) is 10.3. The summed E-state index contributed by atoms with van der Waals surface area (Å²) in [7, 11) is 0. The van der Waals surface area contributed by atoms with Crippen molar-refractivity contribution in [3.63, 3.8) is 0 Å². The molecule has 0 bridgehead atoms. The fourth-order valence-electron chi connectivity index (χ4n) is 8.07. The molecule has 0 spiro atoms. The van der Waals surface area contributed by atoms with E-state index in [0.29, 0.717) is 0 Å². The van der Waals surface area contributed by atoms with E-state index >= 15 is 0 Å². The van der Waals surface area contributed by atoms with Gasteiger partial charge in [0.15, 0.2) is 0 Å². The van der Waals surface area contributed by atoms with Crippen molar-refractivity contribution in [3.8, 4) is 39.3 Å². The summed E-state index contributed by atoms with van der Waals surface area (Å²) >= 11 is 0. The van der Waals surface area contributed by atoms with Gasteiger partial charge in [0.05, 0.1) is 34.2 Å². The molecule has 2 atom stereocenters. The Labute approximate surface area is 291 Å². The first-order chi connectivity index (χ1) is 24.8. The Morgan fingerprint density at radius 1 is 0.460 bits per heavy atom. The van der Waals surface area contributed by atoms with Crippen LogP contribution in [0.1, 0.15) is 11.5 Å². The highest BCUT2D eigenvalue weighted by atomic mass is 15.2. The number of rotatable bonds is 5. The maximum Gasteiger partial charge on any atom is 0.0715 e. The zero-order valence-corrected chi connectivity index (χ0v) is 27.4. The Bertz CT molecular complexity index is 2540. The number of fused-ring (bicyclic) bond motifs is 7. The lowest BCUT2D eigenvalue weighted by molar-refractivity contribution is 0.745. The molecule has 0 radical (unpaired) electrons. The van der Waals surface area contributed by atoms with E-state index in [1.54, 1.807) is 0 Å². The van der Waals surface area contributed by atoms with Gasteiger partial charge in [-0.25, -0.2) is 4.98 Å². The topological polar surface area (TPSA) is 21.1 Å². The lowest BCUT2D eigenvalue weighted by atomic mass is 9.91. The highest BCUT2D eigenvalue weighted by molar-refractivity contribution is 6.17. The van der Waals surface area contributed by atoms with E-state index in [0.717, 1.165) is 28.1 Å². The van der Waals surface area contributed by atoms with Crippen molar-refractivity contribution >= 4 is 33.2 Å². The summed E-state index contributed by atoms with van der Waals surface area (Å²) < 4.78 is 2.42. The average Bonchev–Trinajstić information content (AvgIpc) is 3.72. The van der Waals surface area contributed by atoms with Gasteiger partial charge < -0.3 is 9.47 Å². The molecule has 0 N–H and O–H groups in total. The lowest BCUT2D eigenvalue weighted by Gasteiger charge is -2.29. The largest absolute Gasteiger partial charge is 0.333 e. The van der Waals surface area contributed by atoms with Crippen LogP contribution in [0.15, 0.2) is 188 Å². The van der Waals surface area contributed by atoms with Gasteiger partial charge in [-0.3, -0.25) is 0 Å². The van der Waals surface area contributed by atoms with Crippen LogP contribution >= 0.6 is 0 Å². The van der Waals surface area contributed by atoms with Gasteiger partial charge in [0.1, 0.15) is 0 Å². The fourth-order valence-corrected chi connectivity index (χ4v) is 8.07. The molecule has 1 aliphatic carbocycles. The molecular formula is C47H33N3. The Hall–Kier alpha value is -6.45. The molecule has 2 aliphatic rings. The molecule has 2 unspecified atom stereocenters. The van der Waals surface area contributed by atoms with Crippen LogP contribution in [0.2, 0.25) is 0 Å². The zero-order chi connectivity index (χ0) is 33.0. The van der Waals surface area contributed by atoms with Crippen LogP contribution < -0.4 is 4.90 Å². The van der Waals surface area contributed by atoms with Crippen molar-refractivity contribution in [2.45, 2.75) is 12.0 Å². The van der Waals surface area contributed by atoms with Crippen molar-refractivity contribution in [1.82, 2.24) is 9.55 Å². The minimum absolute atomic E-state index is 0.173. The summed E-state index contributed by atoms with van der Waals surface area (Å²) in [6.07, 6.45) is 9.15. The predicted octanol–water partition coefficient (Wildman–Crippen LogP) is 11.9. The first-order valence-corrected chi connectivity index (χ1v) is 17.3. The molecule has 0 amide bonds. The van der Waals surface area contributed by atoms with Crippen molar-refractivity contribution in [2.24, 2.45) is 0 Å². The third kappa shape index (κ3) is 4.55. The summed E-state index contributed by atoms with van der Waals surface area (Å²) in [5.74, 6) is 0.261. The molecule has 1 aliphatic heterocycles. The molecule has 0 fully saturated rings. The third-order valence-corrected chi connectivity index (χ3v) is 10.3. The van der Waals surface area contributed by atoms with E-state index in [1.807, 2.05) is 0 Å². The fraction of sp³-hybridized carbons (Fsp3) is 0.0426. The molecule has 0 saturated heterocycles. The molecule has 236 valence electrons. The van der Waals surface area contributed by atoms with Crippen LogP contribution in [0.4, 0.5) is 11.4 Å². The van der Waals surface area contributed by atoms with Crippen LogP contribution in [-0.2, 0) is 0 Å². The van der Waals surface area contributed by atoms with E-state index in [4.69, 9.17) is 4.98 Å². The number of anilines is 2. The molecule has 3 heteroatoms. The highest BCUT2D eigenvalue weighted by Gasteiger charge is 2.39. The van der Waals surface area contributed by atoms with Gasteiger partial charge in [0, 0.05) is 39.2 Å². The number of benzene rings is 6. The number of nitrogens with zero attached hydrogens (tertiary/aromatic N) is 3. The summed E-state index contributed by atoms with van der Waals surface area (Å²) in [5, 5.41) is 2.57. The van der Waals surface area contributed by atoms with Gasteiger partial charge in [0.2, 0.25) is 0 Å². The molecule has 50 heavy (non-hydrogen) atoms. The molecule has 8 aromatic rings. The molecule has 6 aromatic carbocycles. The minimum atomic E-state index is 0.173. The first kappa shape index (κ1) is 28.6. The Kier molecular flexibility index (Phi) is 6.63.